The smallest absolute Gasteiger partial charge is 0.0494 e. The van der Waals surface area contributed by atoms with Crippen LogP contribution in [0, 0.1) is 5.92 Å². The van der Waals surface area contributed by atoms with Crippen LogP contribution in [0.25, 0.3) is 0 Å². The van der Waals surface area contributed by atoms with Crippen LogP contribution >= 0.6 is 9.39 Å². The lowest BCUT2D eigenvalue weighted by molar-refractivity contribution is 0.248. The molecule has 0 aromatic rings. The second-order valence-electron chi connectivity index (χ2n) is 2.34. The molecule has 0 bridgehead atoms. The first kappa shape index (κ1) is 7.20. The molecular formula is C6H12NOP. The van der Waals surface area contributed by atoms with Crippen molar-refractivity contribution in [1.82, 2.24) is 5.09 Å². The lowest BCUT2D eigenvalue weighted by Gasteiger charge is -2.06. The van der Waals surface area contributed by atoms with Crippen LogP contribution in [0.5, 0.6) is 0 Å². The third-order valence-electron chi connectivity index (χ3n) is 1.62. The largest absolute Gasteiger partial charge is 0.396 e. The van der Waals surface area contributed by atoms with Crippen LogP contribution in [0.3, 0.4) is 0 Å². The Kier molecular flexibility index (Phi) is 2.65. The van der Waals surface area contributed by atoms with E-state index in [9.17, 15) is 0 Å². The normalized spacial score (nSPS) is 33.6. The van der Waals surface area contributed by atoms with Crippen molar-refractivity contribution in [3.8, 4) is 0 Å². The topological polar surface area (TPSA) is 32.3 Å². The van der Waals surface area contributed by atoms with Crippen LogP contribution in [-0.2, 0) is 0 Å². The maximum Gasteiger partial charge on any atom is 0.0494 e. The minimum atomic E-state index is 0.277. The first-order chi connectivity index (χ1) is 4.36. The molecule has 1 rings (SSSR count). The molecule has 0 fully saturated rings. The van der Waals surface area contributed by atoms with E-state index in [1.165, 1.54) is 0 Å². The predicted octanol–water partition coefficient (Wildman–Crippen LogP) is 0.303. The Balaban J connectivity index is 2.31. The average Bonchev–Trinajstić information content (AvgIpc) is 2.34. The van der Waals surface area contributed by atoms with Gasteiger partial charge in [0.15, 0.2) is 0 Å². The monoisotopic (exact) mass is 145 g/mol. The summed E-state index contributed by atoms with van der Waals surface area (Å²) in [6, 6.07) is 0.451. The minimum absolute atomic E-state index is 0.277. The Hall–Kier alpha value is 0.0900. The summed E-state index contributed by atoms with van der Waals surface area (Å²) in [7, 11) is 2.48. The Morgan fingerprint density at radius 3 is 2.78 bits per heavy atom. The van der Waals surface area contributed by atoms with Crippen molar-refractivity contribution in [2.75, 3.05) is 6.61 Å². The van der Waals surface area contributed by atoms with Gasteiger partial charge in [-0.2, -0.15) is 0 Å². The molecule has 0 saturated heterocycles. The highest BCUT2D eigenvalue weighted by atomic mass is 31.0. The summed E-state index contributed by atoms with van der Waals surface area (Å²) < 4.78 is 0. The zero-order chi connectivity index (χ0) is 6.69. The number of aliphatic hydroxyl groups excluding tert-OH is 1. The molecule has 3 atom stereocenters. The average molecular weight is 145 g/mol. The number of hydrogen-bond acceptors (Lipinski definition) is 2. The van der Waals surface area contributed by atoms with Gasteiger partial charge < -0.3 is 5.11 Å². The summed E-state index contributed by atoms with van der Waals surface area (Å²) in [4.78, 5) is 0. The summed E-state index contributed by atoms with van der Waals surface area (Å²) in [6.45, 7) is 0.277. The van der Waals surface area contributed by atoms with E-state index in [2.05, 4.69) is 26.6 Å². The molecule has 0 radical (unpaired) electrons. The van der Waals surface area contributed by atoms with E-state index in [0.717, 1.165) is 6.42 Å². The molecule has 1 aliphatic rings. The molecule has 0 heterocycles. The maximum absolute atomic E-state index is 8.69. The van der Waals surface area contributed by atoms with Gasteiger partial charge in [-0.15, -0.1) is 0 Å². The fourth-order valence-corrected chi connectivity index (χ4v) is 1.28. The molecule has 2 N–H and O–H groups in total. The Morgan fingerprint density at radius 1 is 1.67 bits per heavy atom. The van der Waals surface area contributed by atoms with Crippen molar-refractivity contribution >= 4 is 9.39 Å². The lowest BCUT2D eigenvalue weighted by atomic mass is 10.1. The van der Waals surface area contributed by atoms with E-state index in [-0.39, 0.29) is 6.61 Å². The fraction of sp³-hybridized carbons (Fsp3) is 0.667. The molecular weight excluding hydrogens is 133 g/mol. The second-order valence-corrected chi connectivity index (χ2v) is 2.67. The standard InChI is InChI=1S/C6H12NOP/c8-4-5-1-2-6(3-5)7-9/h1-2,5-8H,3-4,9H2/t5-,6+/m1/s1. The third-order valence-corrected chi connectivity index (χ3v) is 2.05. The predicted molar refractivity (Wildman–Crippen MR) is 41.0 cm³/mol. The molecule has 9 heavy (non-hydrogen) atoms. The van der Waals surface area contributed by atoms with E-state index in [4.69, 9.17) is 5.11 Å². The van der Waals surface area contributed by atoms with Gasteiger partial charge in [-0.3, -0.25) is 5.09 Å². The molecule has 3 heteroatoms. The van der Waals surface area contributed by atoms with Crippen molar-refractivity contribution in [2.24, 2.45) is 5.92 Å². The molecule has 52 valence electrons. The first-order valence-corrected chi connectivity index (χ1v) is 3.70. The van der Waals surface area contributed by atoms with Gasteiger partial charge in [-0.25, -0.2) is 0 Å². The van der Waals surface area contributed by atoms with Crippen LogP contribution in [0.15, 0.2) is 12.2 Å². The summed E-state index contributed by atoms with van der Waals surface area (Å²) in [5, 5.41) is 11.7. The third kappa shape index (κ3) is 1.75. The zero-order valence-corrected chi connectivity index (χ0v) is 6.40. The van der Waals surface area contributed by atoms with E-state index in [1.54, 1.807) is 0 Å². The maximum atomic E-state index is 8.69. The molecule has 0 saturated carbocycles. The quantitative estimate of drug-likeness (QED) is 0.432. The number of nitrogens with one attached hydrogen (secondary N) is 1. The van der Waals surface area contributed by atoms with Gasteiger partial charge in [0.2, 0.25) is 0 Å². The van der Waals surface area contributed by atoms with Gasteiger partial charge in [0.25, 0.3) is 0 Å². The van der Waals surface area contributed by atoms with E-state index >= 15 is 0 Å². The highest BCUT2D eigenvalue weighted by Gasteiger charge is 2.15. The van der Waals surface area contributed by atoms with Crippen LogP contribution in [-0.4, -0.2) is 17.8 Å². The van der Waals surface area contributed by atoms with Crippen molar-refractivity contribution in [2.45, 2.75) is 12.5 Å². The fourth-order valence-electron chi connectivity index (χ4n) is 1.03. The molecule has 0 spiro atoms. The Labute approximate surface area is 57.6 Å². The summed E-state index contributed by atoms with van der Waals surface area (Å²) >= 11 is 0. The SMILES string of the molecule is OC[C@@H]1C=C[C@H](NP)C1. The van der Waals surface area contributed by atoms with Gasteiger partial charge in [-0.1, -0.05) is 21.5 Å². The number of aliphatic hydroxyl groups is 1. The molecule has 0 aromatic heterocycles. The Morgan fingerprint density at radius 2 is 2.44 bits per heavy atom. The molecule has 0 aliphatic heterocycles. The van der Waals surface area contributed by atoms with Crippen molar-refractivity contribution < 1.29 is 5.11 Å². The first-order valence-electron chi connectivity index (χ1n) is 3.12. The van der Waals surface area contributed by atoms with E-state index < -0.39 is 0 Å². The highest BCUT2D eigenvalue weighted by Crippen LogP contribution is 2.17. The molecule has 1 aliphatic carbocycles. The van der Waals surface area contributed by atoms with E-state index in [1.807, 2.05) is 0 Å². The van der Waals surface area contributed by atoms with Crippen LogP contribution in [0.1, 0.15) is 6.42 Å². The summed E-state index contributed by atoms with van der Waals surface area (Å²) in [6.07, 6.45) is 5.18. The molecule has 1 unspecified atom stereocenters. The Bertz CT molecular complexity index is 104. The number of rotatable bonds is 2. The summed E-state index contributed by atoms with van der Waals surface area (Å²) in [5.41, 5.74) is 0. The molecule has 0 aromatic carbocycles. The summed E-state index contributed by atoms with van der Waals surface area (Å²) in [5.74, 6) is 0.378. The lowest BCUT2D eigenvalue weighted by Crippen LogP contribution is -2.16. The molecule has 2 nitrogen and oxygen atoms in total. The van der Waals surface area contributed by atoms with Gasteiger partial charge in [0.05, 0.1) is 0 Å². The number of hydrogen-bond donors (Lipinski definition) is 2. The minimum Gasteiger partial charge on any atom is -0.396 e. The van der Waals surface area contributed by atoms with Gasteiger partial charge >= 0.3 is 0 Å². The van der Waals surface area contributed by atoms with Gasteiger partial charge in [0.1, 0.15) is 0 Å². The van der Waals surface area contributed by atoms with Crippen molar-refractivity contribution in [1.29, 1.82) is 0 Å². The molecule has 0 amide bonds. The second kappa shape index (κ2) is 3.31. The highest BCUT2D eigenvalue weighted by molar-refractivity contribution is 7.13. The van der Waals surface area contributed by atoms with Crippen molar-refractivity contribution in [3.63, 3.8) is 0 Å². The van der Waals surface area contributed by atoms with Crippen LogP contribution < -0.4 is 5.09 Å². The zero-order valence-electron chi connectivity index (χ0n) is 5.25. The van der Waals surface area contributed by atoms with Crippen LogP contribution in [0.2, 0.25) is 0 Å². The van der Waals surface area contributed by atoms with Gasteiger partial charge in [0, 0.05) is 18.6 Å². The van der Waals surface area contributed by atoms with E-state index in [0.29, 0.717) is 12.0 Å². The van der Waals surface area contributed by atoms with Gasteiger partial charge in [-0.05, 0) is 6.42 Å². The van der Waals surface area contributed by atoms with Crippen LogP contribution in [0.4, 0.5) is 0 Å². The van der Waals surface area contributed by atoms with Crippen molar-refractivity contribution in [3.05, 3.63) is 12.2 Å².